The molecular weight excluding hydrogens is 384 g/mol. The van der Waals surface area contributed by atoms with Crippen LogP contribution in [0.5, 0.6) is 0 Å². The number of fused-ring (bicyclic) bond motifs is 1. The Morgan fingerprint density at radius 2 is 1.70 bits per heavy atom. The standard InChI is InChI=1S/C23H28N2O5/c1-2-3-6-16-9-11-17(12-10-16)24-20(26)15-30-21(27)13-14-25-22(28)18-7-4-5-8-19(18)23(25)29/h4-5,9-12,18-19H,2-3,6-8,13-15H2,1H3,(H,24,26)/t18-,19-/m0/s1. The zero-order chi connectivity index (χ0) is 21.5. The van der Waals surface area contributed by atoms with Gasteiger partial charge in [-0.25, -0.2) is 0 Å². The summed E-state index contributed by atoms with van der Waals surface area (Å²) in [6.45, 7) is 1.72. The first kappa shape index (κ1) is 21.7. The number of hydrogen-bond acceptors (Lipinski definition) is 5. The molecule has 1 aliphatic heterocycles. The van der Waals surface area contributed by atoms with Gasteiger partial charge in [-0.1, -0.05) is 37.6 Å². The van der Waals surface area contributed by atoms with Crippen LogP contribution in [0, 0.1) is 11.8 Å². The zero-order valence-corrected chi connectivity index (χ0v) is 17.3. The van der Waals surface area contributed by atoms with Crippen molar-refractivity contribution >= 4 is 29.4 Å². The van der Waals surface area contributed by atoms with Crippen LogP contribution >= 0.6 is 0 Å². The van der Waals surface area contributed by atoms with Gasteiger partial charge >= 0.3 is 5.97 Å². The molecule has 30 heavy (non-hydrogen) atoms. The van der Waals surface area contributed by atoms with Gasteiger partial charge in [-0.3, -0.25) is 24.1 Å². The molecule has 2 aliphatic rings. The predicted molar refractivity (Wildman–Crippen MR) is 111 cm³/mol. The van der Waals surface area contributed by atoms with Gasteiger partial charge in [0.25, 0.3) is 5.91 Å². The van der Waals surface area contributed by atoms with Crippen LogP contribution in [0.25, 0.3) is 0 Å². The van der Waals surface area contributed by atoms with Crippen molar-refractivity contribution in [3.8, 4) is 0 Å². The lowest BCUT2D eigenvalue weighted by Crippen LogP contribution is -2.33. The second kappa shape index (κ2) is 10.2. The number of imide groups is 1. The molecular formula is C23H28N2O5. The molecule has 3 rings (SSSR count). The summed E-state index contributed by atoms with van der Waals surface area (Å²) in [5.41, 5.74) is 1.85. The van der Waals surface area contributed by atoms with E-state index in [0.29, 0.717) is 18.5 Å². The molecule has 0 unspecified atom stereocenters. The minimum Gasteiger partial charge on any atom is -0.456 e. The molecule has 1 aromatic carbocycles. The molecule has 0 bridgehead atoms. The SMILES string of the molecule is CCCCc1ccc(NC(=O)COC(=O)CCN2C(=O)[C@H]3CC=CC[C@@H]3C2=O)cc1. The number of nitrogens with zero attached hydrogens (tertiary/aromatic N) is 1. The summed E-state index contributed by atoms with van der Waals surface area (Å²) in [5, 5.41) is 2.68. The first-order chi connectivity index (χ1) is 14.5. The maximum absolute atomic E-state index is 12.4. The number of aryl methyl sites for hydroxylation is 1. The van der Waals surface area contributed by atoms with Gasteiger partial charge in [-0.15, -0.1) is 0 Å². The van der Waals surface area contributed by atoms with Crippen molar-refractivity contribution in [1.29, 1.82) is 0 Å². The van der Waals surface area contributed by atoms with Crippen LogP contribution in [0.2, 0.25) is 0 Å². The fourth-order valence-electron chi connectivity index (χ4n) is 3.84. The molecule has 0 aromatic heterocycles. The number of rotatable bonds is 9. The van der Waals surface area contributed by atoms with Gasteiger partial charge in [0.2, 0.25) is 11.8 Å². The van der Waals surface area contributed by atoms with Crippen molar-refractivity contribution in [2.24, 2.45) is 11.8 Å². The molecule has 160 valence electrons. The lowest BCUT2D eigenvalue weighted by Gasteiger charge is -2.14. The molecule has 7 heteroatoms. The molecule has 1 saturated heterocycles. The van der Waals surface area contributed by atoms with Crippen LogP contribution < -0.4 is 5.32 Å². The highest BCUT2D eigenvalue weighted by Crippen LogP contribution is 2.35. The Kier molecular flexibility index (Phi) is 7.38. The molecule has 3 amide bonds. The Morgan fingerprint density at radius 1 is 1.07 bits per heavy atom. The lowest BCUT2D eigenvalue weighted by molar-refractivity contribution is -0.148. The van der Waals surface area contributed by atoms with Crippen molar-refractivity contribution < 1.29 is 23.9 Å². The van der Waals surface area contributed by atoms with Crippen LogP contribution in [0.4, 0.5) is 5.69 Å². The molecule has 1 aromatic rings. The van der Waals surface area contributed by atoms with Gasteiger partial charge in [0, 0.05) is 12.2 Å². The summed E-state index contributed by atoms with van der Waals surface area (Å²) >= 11 is 0. The Bertz CT molecular complexity index is 805. The van der Waals surface area contributed by atoms with Crippen molar-refractivity contribution in [2.45, 2.75) is 45.4 Å². The van der Waals surface area contributed by atoms with Crippen LogP contribution in [-0.2, 0) is 30.3 Å². The van der Waals surface area contributed by atoms with E-state index in [1.54, 1.807) is 0 Å². The Hall–Kier alpha value is -2.96. The molecule has 0 radical (unpaired) electrons. The van der Waals surface area contributed by atoms with Gasteiger partial charge in [0.15, 0.2) is 6.61 Å². The van der Waals surface area contributed by atoms with Crippen LogP contribution in [0.3, 0.4) is 0 Å². The van der Waals surface area contributed by atoms with E-state index in [1.807, 2.05) is 36.4 Å². The normalized spacial score (nSPS) is 20.2. The fourth-order valence-corrected chi connectivity index (χ4v) is 3.84. The van der Waals surface area contributed by atoms with Gasteiger partial charge < -0.3 is 10.1 Å². The van der Waals surface area contributed by atoms with Gasteiger partial charge in [0.05, 0.1) is 18.3 Å². The second-order valence-corrected chi connectivity index (χ2v) is 7.74. The third-order valence-electron chi connectivity index (χ3n) is 5.56. The lowest BCUT2D eigenvalue weighted by atomic mass is 9.85. The van der Waals surface area contributed by atoms with Crippen molar-refractivity contribution in [2.75, 3.05) is 18.5 Å². The monoisotopic (exact) mass is 412 g/mol. The highest BCUT2D eigenvalue weighted by molar-refractivity contribution is 6.05. The fraction of sp³-hybridized carbons (Fsp3) is 0.478. The highest BCUT2D eigenvalue weighted by Gasteiger charge is 2.46. The largest absolute Gasteiger partial charge is 0.456 e. The topological polar surface area (TPSA) is 92.8 Å². The predicted octanol–water partition coefficient (Wildman–Crippen LogP) is 2.85. The third-order valence-corrected chi connectivity index (χ3v) is 5.56. The number of allylic oxidation sites excluding steroid dienone is 2. The smallest absolute Gasteiger partial charge is 0.308 e. The first-order valence-electron chi connectivity index (χ1n) is 10.5. The van der Waals surface area contributed by atoms with E-state index in [1.165, 1.54) is 5.56 Å². The summed E-state index contributed by atoms with van der Waals surface area (Å²) in [5.74, 6) is -2.11. The zero-order valence-electron chi connectivity index (χ0n) is 17.3. The molecule has 1 fully saturated rings. The van der Waals surface area contributed by atoms with Crippen molar-refractivity contribution in [3.05, 3.63) is 42.0 Å². The summed E-state index contributed by atoms with van der Waals surface area (Å²) in [6, 6.07) is 7.58. The van der Waals surface area contributed by atoms with E-state index in [0.717, 1.165) is 24.2 Å². The maximum atomic E-state index is 12.4. The molecule has 1 N–H and O–H groups in total. The number of ether oxygens (including phenoxy) is 1. The summed E-state index contributed by atoms with van der Waals surface area (Å²) in [6.07, 6.45) is 8.09. The maximum Gasteiger partial charge on any atom is 0.308 e. The van der Waals surface area contributed by atoms with Crippen LogP contribution in [-0.4, -0.2) is 41.7 Å². The first-order valence-corrected chi connectivity index (χ1v) is 10.5. The Balaban J connectivity index is 1.39. The van der Waals surface area contributed by atoms with Crippen LogP contribution in [0.1, 0.15) is 44.6 Å². The van der Waals surface area contributed by atoms with Crippen molar-refractivity contribution in [1.82, 2.24) is 4.90 Å². The number of hydrogen-bond donors (Lipinski definition) is 1. The number of nitrogens with one attached hydrogen (secondary N) is 1. The summed E-state index contributed by atoms with van der Waals surface area (Å²) < 4.78 is 4.99. The molecule has 7 nitrogen and oxygen atoms in total. The quantitative estimate of drug-likeness (QED) is 0.382. The molecule has 1 aliphatic carbocycles. The van der Waals surface area contributed by atoms with E-state index >= 15 is 0 Å². The van der Waals surface area contributed by atoms with Gasteiger partial charge in [-0.05, 0) is 43.4 Å². The number of amides is 3. The van der Waals surface area contributed by atoms with E-state index in [9.17, 15) is 19.2 Å². The second-order valence-electron chi connectivity index (χ2n) is 7.74. The number of benzene rings is 1. The molecule has 1 heterocycles. The third kappa shape index (κ3) is 5.34. The van der Waals surface area contributed by atoms with Gasteiger partial charge in [-0.2, -0.15) is 0 Å². The van der Waals surface area contributed by atoms with E-state index < -0.39 is 18.5 Å². The average molecular weight is 412 g/mol. The average Bonchev–Trinajstić information content (AvgIpc) is 3.00. The number of anilines is 1. The molecule has 2 atom stereocenters. The summed E-state index contributed by atoms with van der Waals surface area (Å²) in [4.78, 5) is 49.9. The number of carbonyl (C=O) groups is 4. The van der Waals surface area contributed by atoms with E-state index in [4.69, 9.17) is 4.74 Å². The van der Waals surface area contributed by atoms with E-state index in [-0.39, 0.29) is 36.6 Å². The minimum absolute atomic E-state index is 0.00958. The Morgan fingerprint density at radius 3 is 2.30 bits per heavy atom. The highest BCUT2D eigenvalue weighted by atomic mass is 16.5. The molecule has 0 spiro atoms. The van der Waals surface area contributed by atoms with Gasteiger partial charge in [0.1, 0.15) is 0 Å². The number of carbonyl (C=O) groups excluding carboxylic acids is 4. The molecule has 0 saturated carbocycles. The number of esters is 1. The Labute approximate surface area is 176 Å². The minimum atomic E-state index is -0.617. The number of unbranched alkanes of at least 4 members (excludes halogenated alkanes) is 1. The number of likely N-dealkylation sites (tertiary alicyclic amines) is 1. The van der Waals surface area contributed by atoms with Crippen LogP contribution in [0.15, 0.2) is 36.4 Å². The van der Waals surface area contributed by atoms with Crippen molar-refractivity contribution in [3.63, 3.8) is 0 Å². The summed E-state index contributed by atoms with van der Waals surface area (Å²) in [7, 11) is 0. The van der Waals surface area contributed by atoms with E-state index in [2.05, 4.69) is 12.2 Å².